The molecule has 1 heterocycles. The van der Waals surface area contributed by atoms with Gasteiger partial charge in [0.05, 0.1) is 30.8 Å². The predicted octanol–water partition coefficient (Wildman–Crippen LogP) is 4.35. The van der Waals surface area contributed by atoms with Crippen molar-refractivity contribution in [3.05, 3.63) is 46.5 Å². The van der Waals surface area contributed by atoms with Crippen LogP contribution in [0.5, 0.6) is 23.0 Å². The minimum atomic E-state index is -1.23. The number of aliphatic hydroxyl groups is 1. The molecule has 1 unspecified atom stereocenters. The molecule has 2 aromatic carbocycles. The average molecular weight is 500 g/mol. The fourth-order valence-electron chi connectivity index (χ4n) is 4.45. The molecule has 1 atom stereocenters. The predicted molar refractivity (Wildman–Crippen MR) is 136 cm³/mol. The van der Waals surface area contributed by atoms with Crippen LogP contribution in [0.4, 0.5) is 0 Å². The normalized spacial score (nSPS) is 16.9. The number of nitrogens with two attached hydrogens (primary N) is 1. The van der Waals surface area contributed by atoms with Crippen molar-refractivity contribution in [3.8, 4) is 23.0 Å². The molecule has 0 fully saturated rings. The Bertz CT molecular complexity index is 1100. The first kappa shape index (κ1) is 27.5. The van der Waals surface area contributed by atoms with Crippen LogP contribution in [0, 0.1) is 0 Å². The molecule has 8 nitrogen and oxygen atoms in total. The molecule has 0 bridgehead atoms. The number of ketones is 2. The summed E-state index contributed by atoms with van der Waals surface area (Å²) in [6.45, 7) is 6.02. The van der Waals surface area contributed by atoms with Crippen molar-refractivity contribution in [2.75, 3.05) is 19.8 Å². The molecule has 0 aromatic heterocycles. The Morgan fingerprint density at radius 1 is 1.06 bits per heavy atom. The number of benzene rings is 2. The molecule has 2 aromatic rings. The van der Waals surface area contributed by atoms with Gasteiger partial charge in [0.2, 0.25) is 0 Å². The monoisotopic (exact) mass is 499 g/mol. The molecule has 0 amide bonds. The molecule has 0 aliphatic carbocycles. The van der Waals surface area contributed by atoms with Crippen LogP contribution in [0.25, 0.3) is 0 Å². The van der Waals surface area contributed by atoms with E-state index in [2.05, 4.69) is 0 Å². The maximum absolute atomic E-state index is 12.7. The smallest absolute Gasteiger partial charge is 0.172 e. The third kappa shape index (κ3) is 6.17. The molecule has 4 N–H and O–H groups in total. The third-order valence-electron chi connectivity index (χ3n) is 6.24. The number of phenols is 1. The summed E-state index contributed by atoms with van der Waals surface area (Å²) in [6, 6.07) is 6.81. The van der Waals surface area contributed by atoms with Gasteiger partial charge in [0, 0.05) is 30.6 Å². The molecular weight excluding hydrogens is 462 g/mol. The van der Waals surface area contributed by atoms with Crippen LogP contribution in [0.2, 0.25) is 0 Å². The van der Waals surface area contributed by atoms with E-state index in [-0.39, 0.29) is 36.8 Å². The van der Waals surface area contributed by atoms with E-state index in [1.54, 1.807) is 24.3 Å². The number of carbonyl (C=O) groups excluding carboxylic acids is 2. The molecule has 8 heteroatoms. The van der Waals surface area contributed by atoms with E-state index in [1.807, 2.05) is 13.8 Å². The lowest BCUT2D eigenvalue weighted by Crippen LogP contribution is -2.51. The summed E-state index contributed by atoms with van der Waals surface area (Å²) in [5.41, 5.74) is 7.26. The van der Waals surface area contributed by atoms with Crippen LogP contribution in [0.15, 0.2) is 24.3 Å². The Kier molecular flexibility index (Phi) is 9.34. The Labute approximate surface area is 212 Å². The van der Waals surface area contributed by atoms with Gasteiger partial charge < -0.3 is 24.4 Å². The molecule has 0 radical (unpaired) electrons. The number of phenolic OH excluding ortho intramolecular Hbond substituents is 1. The van der Waals surface area contributed by atoms with E-state index < -0.39 is 5.72 Å². The molecule has 0 saturated heterocycles. The van der Waals surface area contributed by atoms with Crippen LogP contribution in [0.3, 0.4) is 0 Å². The standard InChI is InChI=1S/C28H37NO7/c1-4-7-21-24(11-9-19(18(3)31)26(21)33)34-15-6-16-35-25-12-10-20-23(32)17-28(29,13-14-30)36-27(20)22(25)8-5-2/h9-12,30,33H,4-8,13-17,29H2,1-3H3. The van der Waals surface area contributed by atoms with Crippen LogP contribution in [-0.2, 0) is 12.8 Å². The summed E-state index contributed by atoms with van der Waals surface area (Å²) in [7, 11) is 0. The van der Waals surface area contributed by atoms with E-state index in [4.69, 9.17) is 19.9 Å². The van der Waals surface area contributed by atoms with Crippen LogP contribution in [0.1, 0.15) is 84.7 Å². The van der Waals surface area contributed by atoms with Crippen molar-refractivity contribution in [2.24, 2.45) is 5.73 Å². The van der Waals surface area contributed by atoms with Gasteiger partial charge in [-0.2, -0.15) is 0 Å². The number of aliphatic hydroxyl groups excluding tert-OH is 1. The number of rotatable bonds is 13. The van der Waals surface area contributed by atoms with Gasteiger partial charge in [-0.25, -0.2) is 0 Å². The second kappa shape index (κ2) is 12.2. The first-order valence-electron chi connectivity index (χ1n) is 12.6. The topological polar surface area (TPSA) is 128 Å². The van der Waals surface area contributed by atoms with E-state index in [0.717, 1.165) is 18.4 Å². The van der Waals surface area contributed by atoms with Gasteiger partial charge >= 0.3 is 0 Å². The molecule has 36 heavy (non-hydrogen) atoms. The van der Waals surface area contributed by atoms with Crippen molar-refractivity contribution in [3.63, 3.8) is 0 Å². The first-order valence-corrected chi connectivity index (χ1v) is 12.6. The molecule has 0 spiro atoms. The fraction of sp³-hybridized carbons (Fsp3) is 0.500. The summed E-state index contributed by atoms with van der Waals surface area (Å²) in [5.74, 6) is 1.34. The minimum Gasteiger partial charge on any atom is -0.507 e. The summed E-state index contributed by atoms with van der Waals surface area (Å²) < 4.78 is 18.0. The SMILES string of the molecule is CCCc1c(OCCCOc2ccc3c(c2CCC)OC(N)(CCO)CC3=O)ccc(C(C)=O)c1O. The molecular formula is C28H37NO7. The lowest BCUT2D eigenvalue weighted by atomic mass is 9.91. The average Bonchev–Trinajstić information content (AvgIpc) is 2.82. The highest BCUT2D eigenvalue weighted by molar-refractivity contribution is 6.01. The third-order valence-corrected chi connectivity index (χ3v) is 6.24. The zero-order valence-electron chi connectivity index (χ0n) is 21.4. The van der Waals surface area contributed by atoms with E-state index in [0.29, 0.717) is 66.4 Å². The fourth-order valence-corrected chi connectivity index (χ4v) is 4.45. The Morgan fingerprint density at radius 3 is 2.28 bits per heavy atom. The zero-order valence-corrected chi connectivity index (χ0v) is 21.4. The number of carbonyl (C=O) groups is 2. The largest absolute Gasteiger partial charge is 0.507 e. The maximum atomic E-state index is 12.7. The highest BCUT2D eigenvalue weighted by atomic mass is 16.5. The Balaban J connectivity index is 1.68. The molecule has 1 aliphatic rings. The van der Waals surface area contributed by atoms with Crippen LogP contribution in [-0.4, -0.2) is 47.3 Å². The quantitative estimate of drug-likeness (QED) is 0.274. The maximum Gasteiger partial charge on any atom is 0.172 e. The van der Waals surface area contributed by atoms with Crippen molar-refractivity contribution in [2.45, 2.75) is 71.4 Å². The summed E-state index contributed by atoms with van der Waals surface area (Å²) in [4.78, 5) is 24.5. The van der Waals surface area contributed by atoms with E-state index in [1.165, 1.54) is 6.92 Å². The molecule has 196 valence electrons. The second-order valence-electron chi connectivity index (χ2n) is 9.20. The number of hydrogen-bond donors (Lipinski definition) is 3. The van der Waals surface area contributed by atoms with E-state index >= 15 is 0 Å². The number of fused-ring (bicyclic) bond motifs is 1. The number of ether oxygens (including phenoxy) is 3. The summed E-state index contributed by atoms with van der Waals surface area (Å²) in [5, 5.41) is 19.9. The van der Waals surface area contributed by atoms with Crippen LogP contribution < -0.4 is 19.9 Å². The first-order chi connectivity index (χ1) is 17.2. The van der Waals surface area contributed by atoms with Crippen molar-refractivity contribution in [1.29, 1.82) is 0 Å². The van der Waals surface area contributed by atoms with Gasteiger partial charge in [-0.1, -0.05) is 26.7 Å². The van der Waals surface area contributed by atoms with Crippen molar-refractivity contribution in [1.82, 2.24) is 0 Å². The summed E-state index contributed by atoms with van der Waals surface area (Å²) in [6.07, 6.45) is 3.65. The van der Waals surface area contributed by atoms with Gasteiger partial charge in [-0.05, 0) is 44.0 Å². The van der Waals surface area contributed by atoms with Gasteiger partial charge in [0.15, 0.2) is 17.3 Å². The number of Topliss-reactive ketones (excluding diaryl/α,β-unsaturated/α-hetero) is 2. The van der Waals surface area contributed by atoms with Gasteiger partial charge in [-0.3, -0.25) is 15.3 Å². The van der Waals surface area contributed by atoms with Crippen molar-refractivity contribution >= 4 is 11.6 Å². The second-order valence-corrected chi connectivity index (χ2v) is 9.20. The molecule has 1 aliphatic heterocycles. The highest BCUT2D eigenvalue weighted by Gasteiger charge is 2.38. The van der Waals surface area contributed by atoms with E-state index in [9.17, 15) is 19.8 Å². The lowest BCUT2D eigenvalue weighted by Gasteiger charge is -2.35. The minimum absolute atomic E-state index is 0.0110. The zero-order chi connectivity index (χ0) is 26.3. The number of hydrogen-bond acceptors (Lipinski definition) is 8. The molecule has 3 rings (SSSR count). The Morgan fingerprint density at radius 2 is 1.67 bits per heavy atom. The molecule has 0 saturated carbocycles. The van der Waals surface area contributed by atoms with Gasteiger partial charge in [-0.15, -0.1) is 0 Å². The van der Waals surface area contributed by atoms with Gasteiger partial charge in [0.25, 0.3) is 0 Å². The van der Waals surface area contributed by atoms with Crippen molar-refractivity contribution < 1.29 is 34.0 Å². The Hall–Kier alpha value is -3.10. The highest BCUT2D eigenvalue weighted by Crippen LogP contribution is 2.40. The van der Waals surface area contributed by atoms with Gasteiger partial charge in [0.1, 0.15) is 23.0 Å². The summed E-state index contributed by atoms with van der Waals surface area (Å²) >= 11 is 0. The lowest BCUT2D eigenvalue weighted by molar-refractivity contribution is 0.0262. The van der Waals surface area contributed by atoms with Crippen LogP contribution >= 0.6 is 0 Å². The number of aromatic hydroxyl groups is 1.